The molecule has 0 amide bonds. The Kier molecular flexibility index (Phi) is 6.61. The lowest BCUT2D eigenvalue weighted by Gasteiger charge is -2.27. The van der Waals surface area contributed by atoms with Gasteiger partial charge in [-0.05, 0) is 69.8 Å². The number of nitrogens with zero attached hydrogens (tertiary/aromatic N) is 1. The minimum Gasteiger partial charge on any atom is -0.310 e. The number of hydrogen-bond acceptors (Lipinski definition) is 1. The largest absolute Gasteiger partial charge is 0.310 e. The minimum atomic E-state index is 0.763. The van der Waals surface area contributed by atoms with Crippen LogP contribution in [-0.4, -0.2) is 7.85 Å². The van der Waals surface area contributed by atoms with Gasteiger partial charge in [-0.3, -0.25) is 0 Å². The maximum Gasteiger partial charge on any atom is 0.114 e. The molecule has 0 aliphatic rings. The molecule has 0 bridgehead atoms. The molecular formula is C36H26BN. The van der Waals surface area contributed by atoms with Crippen molar-refractivity contribution in [2.24, 2.45) is 0 Å². The van der Waals surface area contributed by atoms with Crippen LogP contribution >= 0.6 is 0 Å². The Labute approximate surface area is 226 Å². The summed E-state index contributed by atoms with van der Waals surface area (Å²) < 4.78 is 0. The Morgan fingerprint density at radius 1 is 0.342 bits per heavy atom. The summed E-state index contributed by atoms with van der Waals surface area (Å²) in [6, 6.07) is 55.0. The van der Waals surface area contributed by atoms with E-state index in [1.807, 2.05) is 36.4 Å². The van der Waals surface area contributed by atoms with Crippen molar-refractivity contribution in [3.63, 3.8) is 0 Å². The van der Waals surface area contributed by atoms with Crippen molar-refractivity contribution in [2.75, 3.05) is 4.90 Å². The molecule has 0 aliphatic carbocycles. The molecule has 0 saturated carbocycles. The summed E-state index contributed by atoms with van der Waals surface area (Å²) in [5, 5.41) is 0. The molecule has 2 heteroatoms. The number of hydrogen-bond donors (Lipinski definition) is 0. The van der Waals surface area contributed by atoms with Crippen molar-refractivity contribution in [1.82, 2.24) is 0 Å². The van der Waals surface area contributed by atoms with Gasteiger partial charge in [0.25, 0.3) is 0 Å². The molecule has 6 aromatic carbocycles. The summed E-state index contributed by atoms with van der Waals surface area (Å²) >= 11 is 0. The van der Waals surface area contributed by atoms with E-state index in [1.54, 1.807) is 0 Å². The SMILES string of the molecule is [B]c1ccc(N(c2ccc(-c3ccccc3)cc2)c2ccc(-c3ccccc3)cc2)cc1-c1ccccc1. The monoisotopic (exact) mass is 483 g/mol. The van der Waals surface area contributed by atoms with Crippen molar-refractivity contribution in [2.45, 2.75) is 0 Å². The van der Waals surface area contributed by atoms with Crippen LogP contribution in [0.5, 0.6) is 0 Å². The van der Waals surface area contributed by atoms with Crippen LogP contribution in [0.4, 0.5) is 17.1 Å². The second-order valence-corrected chi connectivity index (χ2v) is 9.30. The van der Waals surface area contributed by atoms with Gasteiger partial charge in [0.2, 0.25) is 0 Å². The van der Waals surface area contributed by atoms with Gasteiger partial charge in [0.15, 0.2) is 0 Å². The first-order chi connectivity index (χ1) is 18.8. The van der Waals surface area contributed by atoms with Gasteiger partial charge >= 0.3 is 0 Å². The van der Waals surface area contributed by atoms with Crippen LogP contribution in [0.15, 0.2) is 158 Å². The third-order valence-corrected chi connectivity index (χ3v) is 6.85. The average molecular weight is 483 g/mol. The third kappa shape index (κ3) is 4.90. The van der Waals surface area contributed by atoms with E-state index >= 15 is 0 Å². The fourth-order valence-corrected chi connectivity index (χ4v) is 4.87. The molecule has 0 heterocycles. The van der Waals surface area contributed by atoms with Crippen molar-refractivity contribution in [3.05, 3.63) is 158 Å². The van der Waals surface area contributed by atoms with Gasteiger partial charge in [0.05, 0.1) is 0 Å². The van der Waals surface area contributed by atoms with Crippen LogP contribution in [0.2, 0.25) is 0 Å². The fourth-order valence-electron chi connectivity index (χ4n) is 4.87. The van der Waals surface area contributed by atoms with E-state index < -0.39 is 0 Å². The van der Waals surface area contributed by atoms with Crippen LogP contribution in [-0.2, 0) is 0 Å². The van der Waals surface area contributed by atoms with Crippen molar-refractivity contribution < 1.29 is 0 Å². The van der Waals surface area contributed by atoms with Gasteiger partial charge in [-0.2, -0.15) is 0 Å². The predicted octanol–water partition coefficient (Wildman–Crippen LogP) is 8.95. The van der Waals surface area contributed by atoms with Gasteiger partial charge in [0.1, 0.15) is 7.85 Å². The molecule has 0 aliphatic heterocycles. The summed E-state index contributed by atoms with van der Waals surface area (Å²) in [5.74, 6) is 0. The lowest BCUT2D eigenvalue weighted by molar-refractivity contribution is 1.29. The van der Waals surface area contributed by atoms with Gasteiger partial charge in [-0.1, -0.05) is 127 Å². The maximum absolute atomic E-state index is 6.45. The first-order valence-electron chi connectivity index (χ1n) is 12.8. The Bertz CT molecular complexity index is 1540. The smallest absolute Gasteiger partial charge is 0.114 e. The summed E-state index contributed by atoms with van der Waals surface area (Å²) in [4.78, 5) is 2.29. The molecule has 1 nitrogen and oxygen atoms in total. The molecule has 38 heavy (non-hydrogen) atoms. The number of rotatable bonds is 6. The van der Waals surface area contributed by atoms with E-state index in [-0.39, 0.29) is 0 Å². The summed E-state index contributed by atoms with van der Waals surface area (Å²) in [7, 11) is 6.45. The Balaban J connectivity index is 1.44. The van der Waals surface area contributed by atoms with E-state index in [2.05, 4.69) is 126 Å². The first-order valence-corrected chi connectivity index (χ1v) is 12.8. The molecule has 0 aromatic heterocycles. The van der Waals surface area contributed by atoms with E-state index in [1.165, 1.54) is 22.3 Å². The highest BCUT2D eigenvalue weighted by Crippen LogP contribution is 2.37. The molecule has 0 N–H and O–H groups in total. The maximum atomic E-state index is 6.45. The topological polar surface area (TPSA) is 3.24 Å². The first kappa shape index (κ1) is 23.6. The van der Waals surface area contributed by atoms with Gasteiger partial charge in [-0.15, -0.1) is 0 Å². The molecule has 0 atom stereocenters. The molecule has 6 aromatic rings. The van der Waals surface area contributed by atoms with Crippen LogP contribution in [0.3, 0.4) is 0 Å². The number of benzene rings is 6. The Morgan fingerprint density at radius 2 is 0.711 bits per heavy atom. The average Bonchev–Trinajstić information content (AvgIpc) is 3.00. The second kappa shape index (κ2) is 10.7. The molecule has 0 spiro atoms. The molecule has 0 saturated heterocycles. The standard InChI is InChI=1S/C36H26BN/c37-36-25-24-34(26-35(36)31-14-8-3-9-15-31)38(32-20-16-29(17-21-32)27-10-4-1-5-11-27)33-22-18-30(19-23-33)28-12-6-2-7-13-28/h1-26H. The predicted molar refractivity (Wildman–Crippen MR) is 163 cm³/mol. The van der Waals surface area contributed by atoms with Crippen LogP contribution in [0.25, 0.3) is 33.4 Å². The van der Waals surface area contributed by atoms with E-state index in [0.717, 1.165) is 33.7 Å². The zero-order valence-corrected chi connectivity index (χ0v) is 21.0. The zero-order valence-electron chi connectivity index (χ0n) is 21.0. The van der Waals surface area contributed by atoms with Crippen molar-refractivity contribution >= 4 is 30.4 Å². The summed E-state index contributed by atoms with van der Waals surface area (Å²) in [6.07, 6.45) is 0. The quantitative estimate of drug-likeness (QED) is 0.214. The third-order valence-electron chi connectivity index (χ3n) is 6.85. The van der Waals surface area contributed by atoms with Gasteiger partial charge in [-0.25, -0.2) is 0 Å². The van der Waals surface area contributed by atoms with E-state index in [4.69, 9.17) is 7.85 Å². The lowest BCUT2D eigenvalue weighted by Crippen LogP contribution is -2.13. The lowest BCUT2D eigenvalue weighted by atomic mass is 9.86. The van der Waals surface area contributed by atoms with Crippen LogP contribution < -0.4 is 10.4 Å². The fraction of sp³-hybridized carbons (Fsp3) is 0. The normalized spacial score (nSPS) is 10.7. The highest BCUT2D eigenvalue weighted by atomic mass is 15.1. The molecule has 0 unspecified atom stereocenters. The van der Waals surface area contributed by atoms with Crippen molar-refractivity contribution in [1.29, 1.82) is 0 Å². The molecular weight excluding hydrogens is 457 g/mol. The van der Waals surface area contributed by atoms with Crippen molar-refractivity contribution in [3.8, 4) is 33.4 Å². The molecule has 6 rings (SSSR count). The molecule has 0 fully saturated rings. The minimum absolute atomic E-state index is 0.763. The van der Waals surface area contributed by atoms with E-state index in [9.17, 15) is 0 Å². The zero-order chi connectivity index (χ0) is 25.7. The summed E-state index contributed by atoms with van der Waals surface area (Å²) in [5.41, 5.74) is 10.9. The van der Waals surface area contributed by atoms with Gasteiger partial charge in [0, 0.05) is 17.1 Å². The van der Waals surface area contributed by atoms with Crippen LogP contribution in [0, 0.1) is 0 Å². The van der Waals surface area contributed by atoms with E-state index in [0.29, 0.717) is 0 Å². The summed E-state index contributed by atoms with van der Waals surface area (Å²) in [6.45, 7) is 0. The number of anilines is 3. The van der Waals surface area contributed by atoms with Crippen LogP contribution in [0.1, 0.15) is 0 Å². The highest BCUT2D eigenvalue weighted by molar-refractivity contribution is 6.36. The second-order valence-electron chi connectivity index (χ2n) is 9.30. The Morgan fingerprint density at radius 3 is 1.16 bits per heavy atom. The molecule has 178 valence electrons. The molecule has 2 radical (unpaired) electrons. The highest BCUT2D eigenvalue weighted by Gasteiger charge is 2.15. The van der Waals surface area contributed by atoms with Gasteiger partial charge < -0.3 is 4.90 Å². The Hall–Kier alpha value is -4.82.